The first-order valence-electron chi connectivity index (χ1n) is 8.81. The molecule has 2 unspecified atom stereocenters. The SMILES string of the molecule is CCC1NC(=O)C(C2CCCCC2)N(CC2CCC2)C1=O. The Morgan fingerprint density at radius 1 is 1.05 bits per heavy atom. The monoisotopic (exact) mass is 292 g/mol. The van der Waals surface area contributed by atoms with Crippen molar-refractivity contribution in [3.8, 4) is 0 Å². The summed E-state index contributed by atoms with van der Waals surface area (Å²) in [5.41, 5.74) is 0. The van der Waals surface area contributed by atoms with Crippen LogP contribution in [0.25, 0.3) is 0 Å². The lowest BCUT2D eigenvalue weighted by Crippen LogP contribution is -2.66. The summed E-state index contributed by atoms with van der Waals surface area (Å²) in [6, 6.07) is -0.487. The first-order chi connectivity index (χ1) is 10.2. The summed E-state index contributed by atoms with van der Waals surface area (Å²) in [7, 11) is 0. The number of nitrogens with zero attached hydrogens (tertiary/aromatic N) is 1. The maximum Gasteiger partial charge on any atom is 0.245 e. The van der Waals surface area contributed by atoms with Crippen molar-refractivity contribution in [1.82, 2.24) is 10.2 Å². The van der Waals surface area contributed by atoms with Gasteiger partial charge in [-0.1, -0.05) is 32.6 Å². The minimum absolute atomic E-state index is 0.104. The van der Waals surface area contributed by atoms with Gasteiger partial charge >= 0.3 is 0 Å². The molecule has 0 spiro atoms. The molecule has 4 nitrogen and oxygen atoms in total. The molecule has 3 aliphatic rings. The van der Waals surface area contributed by atoms with Crippen molar-refractivity contribution in [1.29, 1.82) is 0 Å². The Kier molecular flexibility index (Phi) is 4.51. The van der Waals surface area contributed by atoms with E-state index in [2.05, 4.69) is 5.32 Å². The number of carbonyl (C=O) groups excluding carboxylic acids is 2. The molecule has 0 bridgehead atoms. The van der Waals surface area contributed by atoms with Crippen LogP contribution in [0.1, 0.15) is 64.7 Å². The molecule has 2 amide bonds. The van der Waals surface area contributed by atoms with Crippen LogP contribution in [0.3, 0.4) is 0 Å². The van der Waals surface area contributed by atoms with Crippen LogP contribution in [-0.2, 0) is 9.59 Å². The van der Waals surface area contributed by atoms with Gasteiger partial charge in [0, 0.05) is 6.54 Å². The van der Waals surface area contributed by atoms with Gasteiger partial charge in [0.2, 0.25) is 11.8 Å². The molecule has 2 aliphatic carbocycles. The fraction of sp³-hybridized carbons (Fsp3) is 0.882. The highest BCUT2D eigenvalue weighted by atomic mass is 16.2. The van der Waals surface area contributed by atoms with E-state index >= 15 is 0 Å². The van der Waals surface area contributed by atoms with Crippen LogP contribution in [0.4, 0.5) is 0 Å². The molecule has 0 aromatic rings. The maximum absolute atomic E-state index is 12.7. The van der Waals surface area contributed by atoms with Gasteiger partial charge in [-0.3, -0.25) is 9.59 Å². The minimum atomic E-state index is -0.294. The minimum Gasteiger partial charge on any atom is -0.343 e. The second kappa shape index (κ2) is 6.37. The largest absolute Gasteiger partial charge is 0.343 e. The van der Waals surface area contributed by atoms with Crippen LogP contribution in [0.15, 0.2) is 0 Å². The Labute approximate surface area is 127 Å². The van der Waals surface area contributed by atoms with E-state index in [1.165, 1.54) is 38.5 Å². The summed E-state index contributed by atoms with van der Waals surface area (Å²) < 4.78 is 0. The third-order valence-corrected chi connectivity index (χ3v) is 5.69. The zero-order valence-electron chi connectivity index (χ0n) is 13.1. The van der Waals surface area contributed by atoms with Crippen molar-refractivity contribution in [3.63, 3.8) is 0 Å². The zero-order valence-corrected chi connectivity index (χ0v) is 13.1. The predicted octanol–water partition coefficient (Wildman–Crippen LogP) is 2.47. The van der Waals surface area contributed by atoms with Gasteiger partial charge in [-0.2, -0.15) is 0 Å². The van der Waals surface area contributed by atoms with E-state index < -0.39 is 0 Å². The van der Waals surface area contributed by atoms with Crippen molar-refractivity contribution >= 4 is 11.8 Å². The van der Waals surface area contributed by atoms with E-state index in [-0.39, 0.29) is 23.9 Å². The number of piperazine rings is 1. The number of hydrogen-bond acceptors (Lipinski definition) is 2. The Balaban J connectivity index is 1.78. The Morgan fingerprint density at radius 3 is 2.33 bits per heavy atom. The molecule has 2 atom stereocenters. The second-order valence-corrected chi connectivity index (χ2v) is 7.10. The third-order valence-electron chi connectivity index (χ3n) is 5.69. The summed E-state index contributed by atoms with van der Waals surface area (Å²) in [6.07, 6.45) is 10.3. The molecular formula is C17H28N2O2. The highest BCUT2D eigenvalue weighted by molar-refractivity contribution is 5.97. The molecule has 0 aromatic heterocycles. The molecular weight excluding hydrogens is 264 g/mol. The summed E-state index contributed by atoms with van der Waals surface area (Å²) >= 11 is 0. The second-order valence-electron chi connectivity index (χ2n) is 7.10. The van der Waals surface area contributed by atoms with Gasteiger partial charge in [-0.05, 0) is 43.9 Å². The molecule has 1 aliphatic heterocycles. The third kappa shape index (κ3) is 2.95. The van der Waals surface area contributed by atoms with Crippen molar-refractivity contribution in [3.05, 3.63) is 0 Å². The van der Waals surface area contributed by atoms with Crippen molar-refractivity contribution in [2.75, 3.05) is 6.54 Å². The van der Waals surface area contributed by atoms with Crippen LogP contribution in [0.5, 0.6) is 0 Å². The fourth-order valence-electron chi connectivity index (χ4n) is 4.15. The summed E-state index contributed by atoms with van der Waals surface area (Å²) in [4.78, 5) is 27.3. The number of carbonyl (C=O) groups is 2. The maximum atomic E-state index is 12.7. The Morgan fingerprint density at radius 2 is 1.76 bits per heavy atom. The van der Waals surface area contributed by atoms with Gasteiger partial charge < -0.3 is 10.2 Å². The van der Waals surface area contributed by atoms with E-state index in [0.29, 0.717) is 18.3 Å². The first-order valence-corrected chi connectivity index (χ1v) is 8.81. The van der Waals surface area contributed by atoms with Crippen molar-refractivity contribution < 1.29 is 9.59 Å². The van der Waals surface area contributed by atoms with Crippen LogP contribution < -0.4 is 5.32 Å². The normalized spacial score (nSPS) is 32.0. The van der Waals surface area contributed by atoms with Gasteiger partial charge in [0.1, 0.15) is 12.1 Å². The van der Waals surface area contributed by atoms with Gasteiger partial charge in [0.25, 0.3) is 0 Å². The van der Waals surface area contributed by atoms with Crippen molar-refractivity contribution in [2.24, 2.45) is 11.8 Å². The van der Waals surface area contributed by atoms with E-state index in [1.54, 1.807) is 0 Å². The highest BCUT2D eigenvalue weighted by Crippen LogP contribution is 2.34. The van der Waals surface area contributed by atoms with E-state index in [9.17, 15) is 9.59 Å². The van der Waals surface area contributed by atoms with Crippen LogP contribution in [-0.4, -0.2) is 35.3 Å². The fourth-order valence-corrected chi connectivity index (χ4v) is 4.15. The summed E-state index contributed by atoms with van der Waals surface area (Å²) in [6.45, 7) is 2.79. The molecule has 3 rings (SSSR count). The van der Waals surface area contributed by atoms with Gasteiger partial charge in [-0.25, -0.2) is 0 Å². The average Bonchev–Trinajstić information content (AvgIpc) is 2.46. The van der Waals surface area contributed by atoms with Crippen LogP contribution in [0.2, 0.25) is 0 Å². The van der Waals surface area contributed by atoms with Gasteiger partial charge in [0.15, 0.2) is 0 Å². The Hall–Kier alpha value is -1.06. The molecule has 1 saturated heterocycles. The van der Waals surface area contributed by atoms with E-state index in [0.717, 1.165) is 19.4 Å². The summed E-state index contributed by atoms with van der Waals surface area (Å²) in [5.74, 6) is 1.27. The molecule has 21 heavy (non-hydrogen) atoms. The molecule has 0 radical (unpaired) electrons. The molecule has 118 valence electrons. The molecule has 0 aromatic carbocycles. The standard InChI is InChI=1S/C17H28N2O2/c1-2-14-17(21)19(11-12-7-6-8-12)15(16(20)18-14)13-9-4-3-5-10-13/h12-15H,2-11H2,1H3,(H,18,20). The lowest BCUT2D eigenvalue weighted by Gasteiger charge is -2.45. The first kappa shape index (κ1) is 14.9. The van der Waals surface area contributed by atoms with E-state index in [1.807, 2.05) is 11.8 Å². The quantitative estimate of drug-likeness (QED) is 0.865. The van der Waals surface area contributed by atoms with Gasteiger partial charge in [0.05, 0.1) is 0 Å². The molecule has 1 N–H and O–H groups in total. The predicted molar refractivity (Wildman–Crippen MR) is 81.6 cm³/mol. The lowest BCUT2D eigenvalue weighted by atomic mass is 9.79. The average molecular weight is 292 g/mol. The van der Waals surface area contributed by atoms with Crippen LogP contribution >= 0.6 is 0 Å². The number of amides is 2. The highest BCUT2D eigenvalue weighted by Gasteiger charge is 2.44. The number of hydrogen-bond donors (Lipinski definition) is 1. The Bertz CT molecular complexity index is 400. The zero-order chi connectivity index (χ0) is 14.8. The summed E-state index contributed by atoms with van der Waals surface area (Å²) in [5, 5.41) is 2.97. The number of rotatable bonds is 4. The van der Waals surface area contributed by atoms with Crippen molar-refractivity contribution in [2.45, 2.75) is 76.8 Å². The van der Waals surface area contributed by atoms with Gasteiger partial charge in [-0.15, -0.1) is 0 Å². The number of nitrogens with one attached hydrogen (secondary N) is 1. The topological polar surface area (TPSA) is 49.4 Å². The smallest absolute Gasteiger partial charge is 0.245 e. The molecule has 3 fully saturated rings. The van der Waals surface area contributed by atoms with Crippen LogP contribution in [0, 0.1) is 11.8 Å². The van der Waals surface area contributed by atoms with E-state index in [4.69, 9.17) is 0 Å². The molecule has 4 heteroatoms. The lowest BCUT2D eigenvalue weighted by molar-refractivity contribution is -0.153. The molecule has 1 heterocycles. The molecule has 2 saturated carbocycles.